The zero-order chi connectivity index (χ0) is 34.7. The maximum Gasteiger partial charge on any atom is 0.346 e. The molecule has 3 aliphatic rings. The van der Waals surface area contributed by atoms with Gasteiger partial charge in [0.25, 0.3) is 0 Å². The van der Waals surface area contributed by atoms with Crippen LogP contribution in [0.5, 0.6) is 6.01 Å². The number of rotatable bonds is 6. The Hall–Kier alpha value is -4.79. The largest absolute Gasteiger partial charge is 0.461 e. The number of thiazole rings is 1. The summed E-state index contributed by atoms with van der Waals surface area (Å²) < 4.78 is 53.7. The number of alkyl halides is 1. The molecule has 18 heteroatoms. The molecular weight excluding hydrogens is 695 g/mol. The first-order valence-corrected chi connectivity index (χ1v) is 17.2. The van der Waals surface area contributed by atoms with Crippen molar-refractivity contribution in [3.8, 4) is 23.2 Å². The minimum Gasteiger partial charge on any atom is -0.461 e. The van der Waals surface area contributed by atoms with Crippen molar-refractivity contribution >= 4 is 61.0 Å². The molecule has 3 aliphatic heterocycles. The predicted molar refractivity (Wildman–Crippen MR) is 180 cm³/mol. The quantitative estimate of drug-likeness (QED) is 0.251. The number of aromatic nitrogens is 6. The summed E-state index contributed by atoms with van der Waals surface area (Å²) in [5, 5.41) is 14.0. The topological polar surface area (TPSA) is 155 Å². The normalized spacial score (nSPS) is 22.4. The van der Waals surface area contributed by atoms with Gasteiger partial charge in [-0.3, -0.25) is 4.90 Å². The lowest BCUT2D eigenvalue weighted by Crippen LogP contribution is -2.56. The van der Waals surface area contributed by atoms with Crippen molar-refractivity contribution in [3.63, 3.8) is 0 Å². The van der Waals surface area contributed by atoms with Crippen molar-refractivity contribution in [1.29, 1.82) is 5.26 Å². The number of nitriles is 1. The third-order valence-corrected chi connectivity index (χ3v) is 11.0. The van der Waals surface area contributed by atoms with Gasteiger partial charge >= 0.3 is 12.0 Å². The molecule has 0 aliphatic carbocycles. The molecule has 2 N–H and O–H groups in total. The summed E-state index contributed by atoms with van der Waals surface area (Å²) in [6.45, 7) is 1.81. The Kier molecular flexibility index (Phi) is 8.11. The molecular formula is C32H29ClF3N11O2S. The number of benzene rings is 2. The Balaban J connectivity index is 1.23. The summed E-state index contributed by atoms with van der Waals surface area (Å²) in [6.07, 6.45) is 3.53. The SMILES string of the molecule is N#CC[C@H]1CN(c2nc(OC[C@@]34CCCN3C[C@H](F)C4)nc3c(F)c(-c4ccc(F)c5sc(N)nc45)c(Cl)cc23)CCN1C(=O)n1cncn1. The zero-order valence-corrected chi connectivity index (χ0v) is 28.0. The first-order valence-electron chi connectivity index (χ1n) is 16.0. The molecule has 13 nitrogen and oxygen atoms in total. The van der Waals surface area contributed by atoms with Crippen LogP contribution in [0, 0.1) is 23.0 Å². The van der Waals surface area contributed by atoms with Gasteiger partial charge < -0.3 is 20.3 Å². The summed E-state index contributed by atoms with van der Waals surface area (Å²) in [4.78, 5) is 36.1. The number of nitrogens with zero attached hydrogens (tertiary/aromatic N) is 10. The van der Waals surface area contributed by atoms with Crippen molar-refractivity contribution in [2.75, 3.05) is 50.0 Å². The van der Waals surface area contributed by atoms with Gasteiger partial charge in [-0.1, -0.05) is 22.9 Å². The Morgan fingerprint density at radius 1 is 1.18 bits per heavy atom. The first kappa shape index (κ1) is 32.4. The maximum absolute atomic E-state index is 16.9. The number of carbonyl (C=O) groups excluding carboxylic acids is 1. The number of amides is 1. The van der Waals surface area contributed by atoms with Gasteiger partial charge in [0, 0.05) is 49.1 Å². The highest BCUT2D eigenvalue weighted by Crippen LogP contribution is 2.44. The number of fused-ring (bicyclic) bond motifs is 3. The second-order valence-electron chi connectivity index (χ2n) is 12.7. The molecule has 6 heterocycles. The minimum atomic E-state index is -0.977. The van der Waals surface area contributed by atoms with E-state index in [9.17, 15) is 18.8 Å². The van der Waals surface area contributed by atoms with Crippen molar-refractivity contribution < 1.29 is 22.7 Å². The van der Waals surface area contributed by atoms with E-state index in [1.165, 1.54) is 30.9 Å². The zero-order valence-electron chi connectivity index (χ0n) is 26.4. The molecule has 8 rings (SSSR count). The summed E-state index contributed by atoms with van der Waals surface area (Å²) in [5.74, 6) is -1.07. The van der Waals surface area contributed by atoms with E-state index in [4.69, 9.17) is 27.1 Å². The number of hydrogen-bond donors (Lipinski definition) is 1. The average Bonchev–Trinajstić information content (AvgIpc) is 3.89. The molecule has 0 saturated carbocycles. The van der Waals surface area contributed by atoms with E-state index < -0.39 is 35.4 Å². The Morgan fingerprint density at radius 2 is 2.04 bits per heavy atom. The van der Waals surface area contributed by atoms with Crippen LogP contribution in [0.15, 0.2) is 30.9 Å². The molecule has 0 radical (unpaired) electrons. The van der Waals surface area contributed by atoms with Crippen LogP contribution in [-0.4, -0.2) is 103 Å². The van der Waals surface area contributed by atoms with Crippen LogP contribution in [0.1, 0.15) is 25.7 Å². The number of hydrogen-bond acceptors (Lipinski definition) is 12. The summed E-state index contributed by atoms with van der Waals surface area (Å²) in [5.41, 5.74) is 5.62. The van der Waals surface area contributed by atoms with Gasteiger partial charge in [-0.15, -0.1) is 0 Å². The number of nitrogens with two attached hydrogens (primary N) is 1. The Morgan fingerprint density at radius 3 is 2.84 bits per heavy atom. The number of nitrogen functional groups attached to an aromatic ring is 1. The van der Waals surface area contributed by atoms with Crippen molar-refractivity contribution in [2.24, 2.45) is 0 Å². The van der Waals surface area contributed by atoms with Gasteiger partial charge in [-0.25, -0.2) is 27.9 Å². The molecule has 5 aromatic rings. The highest BCUT2D eigenvalue weighted by atomic mass is 35.5. The monoisotopic (exact) mass is 723 g/mol. The molecule has 50 heavy (non-hydrogen) atoms. The molecule has 3 fully saturated rings. The van der Waals surface area contributed by atoms with E-state index in [-0.39, 0.29) is 86.9 Å². The number of halogens is 4. The highest BCUT2D eigenvalue weighted by Gasteiger charge is 2.49. The van der Waals surface area contributed by atoms with E-state index in [0.29, 0.717) is 13.0 Å². The predicted octanol–water partition coefficient (Wildman–Crippen LogP) is 5.04. The Labute approximate surface area is 292 Å². The number of piperazine rings is 1. The van der Waals surface area contributed by atoms with Crippen LogP contribution in [0.4, 0.5) is 28.9 Å². The number of ether oxygens (including phenoxy) is 1. The van der Waals surface area contributed by atoms with Crippen LogP contribution in [0.25, 0.3) is 32.2 Å². The van der Waals surface area contributed by atoms with E-state index in [0.717, 1.165) is 35.4 Å². The van der Waals surface area contributed by atoms with Gasteiger partial charge in [0.2, 0.25) is 0 Å². The van der Waals surface area contributed by atoms with Crippen LogP contribution in [0.3, 0.4) is 0 Å². The van der Waals surface area contributed by atoms with E-state index in [2.05, 4.69) is 31.0 Å². The molecule has 1 amide bonds. The highest BCUT2D eigenvalue weighted by molar-refractivity contribution is 7.22. The molecule has 0 spiro atoms. The van der Waals surface area contributed by atoms with Crippen molar-refractivity contribution in [2.45, 2.75) is 43.4 Å². The molecule has 258 valence electrons. The van der Waals surface area contributed by atoms with Crippen molar-refractivity contribution in [1.82, 2.24) is 39.5 Å². The van der Waals surface area contributed by atoms with Gasteiger partial charge in [-0.2, -0.15) is 25.0 Å². The van der Waals surface area contributed by atoms with E-state index >= 15 is 4.39 Å². The van der Waals surface area contributed by atoms with Crippen LogP contribution >= 0.6 is 22.9 Å². The number of anilines is 2. The fourth-order valence-electron chi connectivity index (χ4n) is 7.57. The second-order valence-corrected chi connectivity index (χ2v) is 14.2. The third-order valence-electron chi connectivity index (χ3n) is 9.82. The lowest BCUT2D eigenvalue weighted by Gasteiger charge is -2.41. The number of carbonyl (C=O) groups is 1. The molecule has 3 atom stereocenters. The van der Waals surface area contributed by atoms with Crippen molar-refractivity contribution in [3.05, 3.63) is 47.5 Å². The second kappa shape index (κ2) is 12.5. The van der Waals surface area contributed by atoms with E-state index in [1.54, 1.807) is 4.90 Å². The maximum atomic E-state index is 16.9. The minimum absolute atomic E-state index is 0.00185. The standard InChI is InChI=1S/C32H29ClF3N11O2S/c33-21-10-20-25(24(36)23(21)19-2-3-22(35)27-26(19)41-29(38)50-27)42-30(49-14-32-5-1-7-45(32)12-17(34)11-32)43-28(20)44-8-9-46(18(13-44)4-6-37)31(48)47-16-39-15-40-47/h2-3,10,15-18H,1,4-5,7-9,11-14H2,(H2,38,41)/t17-,18+,32+/m1/s1. The fraction of sp³-hybridized carbons (Fsp3) is 0.406. The first-order chi connectivity index (χ1) is 24.2. The molecule has 3 aromatic heterocycles. The summed E-state index contributed by atoms with van der Waals surface area (Å²) in [7, 11) is 0. The smallest absolute Gasteiger partial charge is 0.346 e. The Bertz CT molecular complexity index is 2180. The van der Waals surface area contributed by atoms with Gasteiger partial charge in [-0.05, 0) is 37.6 Å². The van der Waals surface area contributed by atoms with Crippen LogP contribution < -0.4 is 15.4 Å². The average molecular weight is 724 g/mol. The lowest BCUT2D eigenvalue weighted by molar-refractivity contribution is 0.107. The van der Waals surface area contributed by atoms with Gasteiger partial charge in [0.05, 0.1) is 39.3 Å². The molecule has 0 unspecified atom stereocenters. The fourth-order valence-corrected chi connectivity index (χ4v) is 8.63. The molecule has 3 saturated heterocycles. The van der Waals surface area contributed by atoms with E-state index in [1.807, 2.05) is 4.90 Å². The van der Waals surface area contributed by atoms with Crippen LogP contribution in [0.2, 0.25) is 5.02 Å². The lowest BCUT2D eigenvalue weighted by atomic mass is 9.95. The van der Waals surface area contributed by atoms with Gasteiger partial charge in [0.15, 0.2) is 10.9 Å². The summed E-state index contributed by atoms with van der Waals surface area (Å²) >= 11 is 7.76. The summed E-state index contributed by atoms with van der Waals surface area (Å²) in [6, 6.07) is 5.15. The molecule has 0 bridgehead atoms. The van der Waals surface area contributed by atoms with Crippen LogP contribution in [-0.2, 0) is 0 Å². The third kappa shape index (κ3) is 5.42. The molecule has 2 aromatic carbocycles. The van der Waals surface area contributed by atoms with Gasteiger partial charge in [0.1, 0.15) is 42.6 Å².